The first-order valence-electron chi connectivity index (χ1n) is 3.07. The van der Waals surface area contributed by atoms with Crippen LogP contribution in [0.3, 0.4) is 0 Å². The third-order valence-electron chi connectivity index (χ3n) is 1.34. The Morgan fingerprint density at radius 1 is 0.889 bits per heavy atom. The maximum absolute atomic E-state index is 2.38. The highest BCUT2D eigenvalue weighted by Gasteiger charge is 1.89. The van der Waals surface area contributed by atoms with Crippen molar-refractivity contribution in [2.24, 2.45) is 0 Å². The van der Waals surface area contributed by atoms with E-state index in [-0.39, 0.29) is 11.6 Å². The van der Waals surface area contributed by atoms with E-state index in [4.69, 9.17) is 0 Å². The fourth-order valence-electron chi connectivity index (χ4n) is 0.671. The number of hydrogen-bond donors (Lipinski definition) is 1. The quantitative estimate of drug-likeness (QED) is 0.639. The van der Waals surface area contributed by atoms with Crippen molar-refractivity contribution >= 4 is 0 Å². The predicted molar refractivity (Wildman–Crippen MR) is 41.4 cm³/mol. The van der Waals surface area contributed by atoms with Gasteiger partial charge in [-0.15, -0.1) is 0 Å². The molecule has 60 valence electrons. The highest BCUT2D eigenvalue weighted by molar-refractivity contribution is 4.43. The van der Waals surface area contributed by atoms with Gasteiger partial charge in [-0.2, -0.15) is 0 Å². The smallest absolute Gasteiger partial charge is 0.00474 e. The summed E-state index contributed by atoms with van der Waals surface area (Å²) in [5.41, 5.74) is 0. The van der Waals surface area contributed by atoms with Crippen LogP contribution in [0.2, 0.25) is 0 Å². The van der Waals surface area contributed by atoms with E-state index in [0.29, 0.717) is 0 Å². The number of quaternary nitrogens is 1. The molecule has 9 heavy (non-hydrogen) atoms. The molecule has 0 spiro atoms. The van der Waals surface area contributed by atoms with Gasteiger partial charge in [0.1, 0.15) is 0 Å². The van der Waals surface area contributed by atoms with Crippen molar-refractivity contribution in [3.63, 3.8) is 0 Å². The molecule has 0 saturated heterocycles. The first-order valence-corrected chi connectivity index (χ1v) is 3.07. The van der Waals surface area contributed by atoms with E-state index in [0.717, 1.165) is 0 Å². The Kier molecular flexibility index (Phi) is 19.1. The molecule has 0 bridgehead atoms. The van der Waals surface area contributed by atoms with Crippen molar-refractivity contribution in [1.82, 2.24) is 11.1 Å². The molecule has 0 aromatic rings. The normalized spacial score (nSPS) is 8.00. The van der Waals surface area contributed by atoms with Crippen molar-refractivity contribution in [1.29, 1.82) is 0 Å². The molecule has 0 saturated carbocycles. The zero-order valence-corrected chi connectivity index (χ0v) is 7.02. The molecule has 0 radical (unpaired) electrons. The molecular weight excluding hydrogens is 116 g/mol. The molecule has 0 rings (SSSR count). The highest BCUT2D eigenvalue weighted by Crippen LogP contribution is 1.81. The third-order valence-corrected chi connectivity index (χ3v) is 1.34. The standard InChI is InChI=1S/C6H15N.H3N.H2O/c1-4-7(5-2)6-3;;/h4-6H2,1-3H3;1H3;1H2. The summed E-state index contributed by atoms with van der Waals surface area (Å²) in [4.78, 5) is 2.38. The van der Waals surface area contributed by atoms with E-state index in [9.17, 15) is 0 Å². The third kappa shape index (κ3) is 7.88. The molecule has 3 nitrogen and oxygen atoms in total. The molecule has 0 amide bonds. The van der Waals surface area contributed by atoms with Gasteiger partial charge in [0.15, 0.2) is 0 Å². The van der Waals surface area contributed by atoms with Gasteiger partial charge < -0.3 is 16.5 Å². The number of nitrogens with zero attached hydrogens (tertiary/aromatic N) is 1. The lowest BCUT2D eigenvalue weighted by Gasteiger charge is -2.13. The summed E-state index contributed by atoms with van der Waals surface area (Å²) >= 11 is 0. The Morgan fingerprint density at radius 2 is 1.11 bits per heavy atom. The van der Waals surface area contributed by atoms with E-state index in [1.165, 1.54) is 19.6 Å². The maximum atomic E-state index is 2.38. The fourth-order valence-corrected chi connectivity index (χ4v) is 0.671. The Hall–Kier alpha value is -0.120. The van der Waals surface area contributed by atoms with Crippen LogP contribution >= 0.6 is 0 Å². The summed E-state index contributed by atoms with van der Waals surface area (Å²) in [7, 11) is 0. The average molecular weight is 136 g/mol. The van der Waals surface area contributed by atoms with Crippen molar-refractivity contribution in [3.8, 4) is 0 Å². The second kappa shape index (κ2) is 10.8. The summed E-state index contributed by atoms with van der Waals surface area (Å²) in [5, 5.41) is 0. The molecule has 0 fully saturated rings. The Morgan fingerprint density at radius 3 is 1.11 bits per heavy atom. The Balaban J connectivity index is -0.000000180. The molecule has 0 aliphatic carbocycles. The summed E-state index contributed by atoms with van der Waals surface area (Å²) < 4.78 is 0. The Bertz CT molecular complexity index is 32.5. The van der Waals surface area contributed by atoms with Gasteiger partial charge in [-0.25, -0.2) is 0 Å². The largest absolute Gasteiger partial charge is 0.870 e. The van der Waals surface area contributed by atoms with E-state index >= 15 is 0 Å². The minimum Gasteiger partial charge on any atom is -0.870 e. The maximum Gasteiger partial charge on any atom is -0.00474 e. The topological polar surface area (TPSA) is 69.7 Å². The van der Waals surface area contributed by atoms with Gasteiger partial charge in [0.2, 0.25) is 0 Å². The molecule has 0 aromatic carbocycles. The van der Waals surface area contributed by atoms with E-state index in [2.05, 4.69) is 25.7 Å². The average Bonchev–Trinajstić information content (AvgIpc) is 1.72. The van der Waals surface area contributed by atoms with Crippen LogP contribution in [0.15, 0.2) is 0 Å². The van der Waals surface area contributed by atoms with Crippen LogP contribution in [-0.2, 0) is 0 Å². The molecule has 0 aliphatic heterocycles. The molecule has 0 aliphatic rings. The molecule has 0 aromatic heterocycles. The minimum absolute atomic E-state index is 0. The number of hydrogen-bond acceptors (Lipinski definition) is 2. The van der Waals surface area contributed by atoms with Gasteiger partial charge in [-0.05, 0) is 19.6 Å². The predicted octanol–water partition coefficient (Wildman–Crippen LogP) is 1.55. The molecule has 0 unspecified atom stereocenters. The van der Waals surface area contributed by atoms with Crippen LogP contribution in [0, 0.1) is 0 Å². The van der Waals surface area contributed by atoms with E-state index in [1.54, 1.807) is 0 Å². The van der Waals surface area contributed by atoms with Crippen LogP contribution in [-0.4, -0.2) is 30.0 Å². The molecule has 5 N–H and O–H groups in total. The summed E-state index contributed by atoms with van der Waals surface area (Å²) in [6.07, 6.45) is 0. The van der Waals surface area contributed by atoms with Gasteiger partial charge in [-0.1, -0.05) is 20.8 Å². The SMILES string of the molecule is CCN(CC)CC.[NH4+].[OH-]. The molecular formula is C6H20N2O. The molecule has 3 heteroatoms. The van der Waals surface area contributed by atoms with Gasteiger partial charge in [0, 0.05) is 0 Å². The van der Waals surface area contributed by atoms with Gasteiger partial charge >= 0.3 is 0 Å². The zero-order valence-electron chi connectivity index (χ0n) is 7.02. The van der Waals surface area contributed by atoms with E-state index in [1.807, 2.05) is 0 Å². The van der Waals surface area contributed by atoms with Gasteiger partial charge in [-0.3, -0.25) is 0 Å². The lowest BCUT2D eigenvalue weighted by molar-refractivity contribution is 0.321. The number of rotatable bonds is 3. The van der Waals surface area contributed by atoms with E-state index < -0.39 is 0 Å². The van der Waals surface area contributed by atoms with Crippen molar-refractivity contribution in [2.75, 3.05) is 19.6 Å². The first kappa shape index (κ1) is 15.9. The second-order valence-corrected chi connectivity index (χ2v) is 1.62. The highest BCUT2D eigenvalue weighted by atomic mass is 16.0. The van der Waals surface area contributed by atoms with Crippen LogP contribution in [0.5, 0.6) is 0 Å². The van der Waals surface area contributed by atoms with Crippen LogP contribution in [0.25, 0.3) is 0 Å². The van der Waals surface area contributed by atoms with Crippen molar-refractivity contribution < 1.29 is 5.48 Å². The second-order valence-electron chi connectivity index (χ2n) is 1.62. The monoisotopic (exact) mass is 136 g/mol. The summed E-state index contributed by atoms with van der Waals surface area (Å²) in [5.74, 6) is 0. The Labute approximate surface area is 57.9 Å². The minimum atomic E-state index is 0. The molecule has 0 atom stereocenters. The fraction of sp³-hybridized carbons (Fsp3) is 1.00. The molecule has 0 heterocycles. The van der Waals surface area contributed by atoms with Crippen molar-refractivity contribution in [2.45, 2.75) is 20.8 Å². The lowest BCUT2D eigenvalue weighted by atomic mass is 10.5. The summed E-state index contributed by atoms with van der Waals surface area (Å²) in [6, 6.07) is 0. The first-order chi connectivity index (χ1) is 3.35. The van der Waals surface area contributed by atoms with Crippen LogP contribution in [0.1, 0.15) is 20.8 Å². The van der Waals surface area contributed by atoms with Gasteiger partial charge in [0.25, 0.3) is 0 Å². The van der Waals surface area contributed by atoms with Crippen molar-refractivity contribution in [3.05, 3.63) is 0 Å². The zero-order chi connectivity index (χ0) is 5.70. The summed E-state index contributed by atoms with van der Waals surface area (Å²) in [6.45, 7) is 10.1. The van der Waals surface area contributed by atoms with Crippen LogP contribution < -0.4 is 6.15 Å². The lowest BCUT2D eigenvalue weighted by Crippen LogP contribution is -2.21. The van der Waals surface area contributed by atoms with Crippen LogP contribution in [0.4, 0.5) is 0 Å². The van der Waals surface area contributed by atoms with Gasteiger partial charge in [0.05, 0.1) is 0 Å².